The van der Waals surface area contributed by atoms with Crippen molar-refractivity contribution in [3.63, 3.8) is 0 Å². The molecule has 0 aliphatic carbocycles. The summed E-state index contributed by atoms with van der Waals surface area (Å²) in [5.41, 5.74) is 5.11. The highest BCUT2D eigenvalue weighted by molar-refractivity contribution is 5.78. The van der Waals surface area contributed by atoms with Gasteiger partial charge < -0.3 is 46.3 Å². The van der Waals surface area contributed by atoms with Gasteiger partial charge in [0.15, 0.2) is 0 Å². The van der Waals surface area contributed by atoms with Gasteiger partial charge in [0, 0.05) is 19.9 Å². The number of ether oxygens (including phenoxy) is 2. The number of carbonyl (C=O) groups excluding carboxylic acids is 3. The minimum Gasteiger partial charge on any atom is -0.465 e. The van der Waals surface area contributed by atoms with Gasteiger partial charge in [0.1, 0.15) is 12.2 Å². The van der Waals surface area contributed by atoms with Gasteiger partial charge in [-0.15, -0.1) is 0 Å². The average Bonchev–Trinajstić information content (AvgIpc) is 2.59. The number of amides is 2. The molecule has 6 atom stereocenters. The monoisotopic (exact) mass is 379 g/mol. The molecule has 1 aliphatic rings. The fraction of sp³-hybridized carbons (Fsp3) is 0.786. The fourth-order valence-corrected chi connectivity index (χ4v) is 2.59. The molecule has 26 heavy (non-hydrogen) atoms. The van der Waals surface area contributed by atoms with Gasteiger partial charge in [0.05, 0.1) is 31.9 Å². The third-order valence-corrected chi connectivity index (χ3v) is 3.88. The van der Waals surface area contributed by atoms with Crippen molar-refractivity contribution in [3.05, 3.63) is 0 Å². The summed E-state index contributed by atoms with van der Waals surface area (Å²) in [5, 5.41) is 45.4. The quantitative estimate of drug-likeness (QED) is 0.211. The number of aliphatic hydroxyl groups excluding tert-OH is 3. The molecule has 0 bridgehead atoms. The fourth-order valence-electron chi connectivity index (χ4n) is 2.59. The molecule has 1 rings (SSSR count). The van der Waals surface area contributed by atoms with E-state index in [1.807, 2.05) is 0 Å². The number of esters is 1. The molecule has 0 aromatic carbocycles. The van der Waals surface area contributed by atoms with Crippen LogP contribution in [0.25, 0.3) is 0 Å². The molecule has 0 saturated carbocycles. The summed E-state index contributed by atoms with van der Waals surface area (Å²) in [6, 6.07) is -1.24. The highest BCUT2D eigenvalue weighted by Gasteiger charge is 2.54. The summed E-state index contributed by atoms with van der Waals surface area (Å²) in [6.07, 6.45) is -7.12. The van der Waals surface area contributed by atoms with Gasteiger partial charge in [0.25, 0.3) is 5.79 Å². The maximum absolute atomic E-state index is 11.7. The van der Waals surface area contributed by atoms with Crippen LogP contribution >= 0.6 is 0 Å². The molecule has 1 fully saturated rings. The molecule has 1 unspecified atom stereocenters. The molecule has 0 spiro atoms. The largest absolute Gasteiger partial charge is 0.465 e. The highest BCUT2D eigenvalue weighted by Crippen LogP contribution is 2.31. The van der Waals surface area contributed by atoms with Crippen LogP contribution in [0, 0.1) is 0 Å². The molecular formula is C14H25N3O9. The van der Waals surface area contributed by atoms with Crippen molar-refractivity contribution in [3.8, 4) is 0 Å². The zero-order valence-corrected chi connectivity index (χ0v) is 14.4. The van der Waals surface area contributed by atoms with Crippen molar-refractivity contribution < 1.29 is 44.3 Å². The average molecular weight is 379 g/mol. The minimum atomic E-state index is -2.59. The van der Waals surface area contributed by atoms with E-state index in [2.05, 4.69) is 15.4 Å². The number of hydrogen-bond acceptors (Lipinski definition) is 10. The Hall–Kier alpha value is -1.83. The first-order valence-electron chi connectivity index (χ1n) is 7.82. The molecule has 1 saturated heterocycles. The number of rotatable bonds is 7. The van der Waals surface area contributed by atoms with Crippen LogP contribution < -0.4 is 16.4 Å². The maximum Gasteiger partial charge on any atom is 0.366 e. The van der Waals surface area contributed by atoms with Crippen LogP contribution in [0.15, 0.2) is 0 Å². The predicted octanol–water partition coefficient (Wildman–Crippen LogP) is -4.70. The van der Waals surface area contributed by atoms with E-state index >= 15 is 0 Å². The number of hydrogen-bond donors (Lipinski definition) is 7. The summed E-state index contributed by atoms with van der Waals surface area (Å²) in [7, 11) is 0.985. The summed E-state index contributed by atoms with van der Waals surface area (Å²) < 4.78 is 9.60. The van der Waals surface area contributed by atoms with Gasteiger partial charge >= 0.3 is 5.97 Å². The Morgan fingerprint density at radius 1 is 1.38 bits per heavy atom. The Labute approximate surface area is 149 Å². The normalized spacial score (nSPS) is 30.8. The van der Waals surface area contributed by atoms with Gasteiger partial charge in [-0.05, 0) is 0 Å². The second kappa shape index (κ2) is 9.21. The van der Waals surface area contributed by atoms with Gasteiger partial charge in [0.2, 0.25) is 11.8 Å². The molecule has 0 radical (unpaired) electrons. The number of carbonyl (C=O) groups is 3. The lowest BCUT2D eigenvalue weighted by molar-refractivity contribution is -0.295. The summed E-state index contributed by atoms with van der Waals surface area (Å²) in [5.74, 6) is -4.98. The minimum absolute atomic E-state index is 0.335. The van der Waals surface area contributed by atoms with Crippen LogP contribution in [0.5, 0.6) is 0 Å². The van der Waals surface area contributed by atoms with E-state index in [1.165, 1.54) is 0 Å². The molecule has 12 nitrogen and oxygen atoms in total. The Morgan fingerprint density at radius 2 is 2.00 bits per heavy atom. The number of methoxy groups -OCH3 is 1. The second-order valence-corrected chi connectivity index (χ2v) is 5.92. The van der Waals surface area contributed by atoms with E-state index in [0.717, 1.165) is 14.0 Å². The van der Waals surface area contributed by atoms with Crippen LogP contribution in [0.3, 0.4) is 0 Å². The summed E-state index contributed by atoms with van der Waals surface area (Å²) in [4.78, 5) is 34.2. The van der Waals surface area contributed by atoms with Gasteiger partial charge in [-0.2, -0.15) is 0 Å². The number of aliphatic hydroxyl groups is 4. The zero-order chi connectivity index (χ0) is 20.1. The van der Waals surface area contributed by atoms with Crippen LogP contribution in [0.2, 0.25) is 0 Å². The van der Waals surface area contributed by atoms with Crippen molar-refractivity contribution in [2.24, 2.45) is 5.73 Å². The second-order valence-electron chi connectivity index (χ2n) is 5.92. The summed E-state index contributed by atoms with van der Waals surface area (Å²) >= 11 is 0. The maximum atomic E-state index is 11.7. The van der Waals surface area contributed by atoms with Crippen molar-refractivity contribution in [1.82, 2.24) is 10.6 Å². The van der Waals surface area contributed by atoms with Crippen LogP contribution in [-0.4, -0.2) is 94.7 Å². The van der Waals surface area contributed by atoms with E-state index in [1.54, 1.807) is 0 Å². The molecule has 2 amide bonds. The first-order valence-corrected chi connectivity index (χ1v) is 7.82. The number of nitrogens with two attached hydrogens (primary N) is 1. The Bertz CT molecular complexity index is 532. The molecule has 8 N–H and O–H groups in total. The van der Waals surface area contributed by atoms with Crippen LogP contribution in [-0.2, 0) is 23.9 Å². The van der Waals surface area contributed by atoms with E-state index in [4.69, 9.17) is 10.5 Å². The van der Waals surface area contributed by atoms with E-state index in [9.17, 15) is 34.8 Å². The van der Waals surface area contributed by atoms with E-state index < -0.39 is 67.0 Å². The SMILES string of the molecule is COC(=O)C1(O)C[C@H](O)[C@@H](NC(C)=O)[C@H]([C@H](O)[C@H](O)CNC(=O)CN)O1. The molecule has 12 heteroatoms. The Balaban J connectivity index is 3.01. The van der Waals surface area contributed by atoms with Crippen molar-refractivity contribution in [2.75, 3.05) is 20.2 Å². The van der Waals surface area contributed by atoms with E-state index in [0.29, 0.717) is 0 Å². The number of nitrogens with one attached hydrogen (secondary N) is 2. The highest BCUT2D eigenvalue weighted by atomic mass is 16.7. The van der Waals surface area contributed by atoms with Crippen LogP contribution in [0.1, 0.15) is 13.3 Å². The molecule has 0 aromatic rings. The van der Waals surface area contributed by atoms with Gasteiger partial charge in [-0.1, -0.05) is 0 Å². The Kier molecular flexibility index (Phi) is 7.87. The topological polar surface area (TPSA) is 201 Å². The van der Waals surface area contributed by atoms with Crippen molar-refractivity contribution in [1.29, 1.82) is 0 Å². The lowest BCUT2D eigenvalue weighted by Crippen LogP contribution is -2.67. The van der Waals surface area contributed by atoms with Gasteiger partial charge in [-0.3, -0.25) is 9.59 Å². The molecule has 0 aromatic heterocycles. The zero-order valence-electron chi connectivity index (χ0n) is 14.4. The Morgan fingerprint density at radius 3 is 2.50 bits per heavy atom. The van der Waals surface area contributed by atoms with Crippen molar-refractivity contribution >= 4 is 17.8 Å². The van der Waals surface area contributed by atoms with Crippen LogP contribution in [0.4, 0.5) is 0 Å². The first kappa shape index (κ1) is 22.2. The lowest BCUT2D eigenvalue weighted by Gasteiger charge is -2.45. The molecule has 150 valence electrons. The molecule has 1 heterocycles. The lowest BCUT2D eigenvalue weighted by atomic mass is 9.88. The predicted molar refractivity (Wildman–Crippen MR) is 84.1 cm³/mol. The molecular weight excluding hydrogens is 354 g/mol. The smallest absolute Gasteiger partial charge is 0.366 e. The standard InChI is InChI=1S/C14H25N3O9/c1-6(18)17-10-7(19)3-14(24,13(23)25-2)26-12(10)11(22)8(20)5-16-9(21)4-15/h7-8,10-12,19-20,22,24H,3-5,15H2,1-2H3,(H,16,21)(H,17,18)/t7-,8+,10+,11+,12+,14?/m0/s1. The third-order valence-electron chi connectivity index (χ3n) is 3.88. The van der Waals surface area contributed by atoms with E-state index in [-0.39, 0.29) is 6.54 Å². The van der Waals surface area contributed by atoms with Gasteiger partial charge in [-0.25, -0.2) is 4.79 Å². The van der Waals surface area contributed by atoms with Crippen molar-refractivity contribution in [2.45, 2.75) is 49.6 Å². The first-order chi connectivity index (χ1) is 12.1. The third kappa shape index (κ3) is 5.33. The molecule has 1 aliphatic heterocycles. The summed E-state index contributed by atoms with van der Waals surface area (Å²) in [6.45, 7) is 0.393.